The second kappa shape index (κ2) is 4.91. The van der Waals surface area contributed by atoms with E-state index in [2.05, 4.69) is 6.92 Å². The summed E-state index contributed by atoms with van der Waals surface area (Å²) < 4.78 is 0. The number of hydrogen-bond acceptors (Lipinski definition) is 1. The molecular weight excluding hydrogens is 208 g/mol. The van der Waals surface area contributed by atoms with Crippen LogP contribution in [0.15, 0.2) is 0 Å². The third-order valence-corrected chi connectivity index (χ3v) is 6.41. The Balaban J connectivity index is 1.85. The van der Waals surface area contributed by atoms with Gasteiger partial charge in [0.15, 0.2) is 0 Å². The van der Waals surface area contributed by atoms with Crippen LogP contribution in [0.3, 0.4) is 0 Å². The molecule has 0 bridgehead atoms. The summed E-state index contributed by atoms with van der Waals surface area (Å²) in [6.07, 6.45) is 11.4. The van der Waals surface area contributed by atoms with Crippen LogP contribution in [0.1, 0.15) is 58.3 Å². The van der Waals surface area contributed by atoms with Gasteiger partial charge >= 0.3 is 0 Å². The summed E-state index contributed by atoms with van der Waals surface area (Å²) in [6.45, 7) is 2.99. The maximum Gasteiger partial charge on any atom is 0.0464 e. The van der Waals surface area contributed by atoms with Crippen molar-refractivity contribution in [1.82, 2.24) is 0 Å². The Labute approximate surface area is 106 Å². The molecule has 3 rings (SSSR count). The standard InChI is InChI=1S/C16H28O/c1-11-12-6-2-4-8-14(12)16(10-17)15-9-5-3-7-13(11)15/h11-17H,2-10H2,1H3. The Kier molecular flexibility index (Phi) is 3.47. The average molecular weight is 236 g/mol. The van der Waals surface area contributed by atoms with Crippen molar-refractivity contribution >= 4 is 0 Å². The second-order valence-electron chi connectivity index (χ2n) is 6.93. The minimum absolute atomic E-state index is 0.467. The summed E-state index contributed by atoms with van der Waals surface area (Å²) in [4.78, 5) is 0. The van der Waals surface area contributed by atoms with E-state index in [-0.39, 0.29) is 0 Å². The molecule has 3 aliphatic carbocycles. The lowest BCUT2D eigenvalue weighted by Gasteiger charge is -2.54. The van der Waals surface area contributed by atoms with Gasteiger partial charge in [-0.15, -0.1) is 0 Å². The number of aliphatic hydroxyl groups is 1. The molecule has 0 aromatic heterocycles. The van der Waals surface area contributed by atoms with Crippen LogP contribution >= 0.6 is 0 Å². The SMILES string of the molecule is CC1C2CCCCC2C(CO)C2CCCCC12. The fourth-order valence-corrected chi connectivity index (χ4v) is 5.65. The van der Waals surface area contributed by atoms with Gasteiger partial charge in [-0.05, 0) is 61.2 Å². The molecule has 0 amide bonds. The topological polar surface area (TPSA) is 20.2 Å². The zero-order chi connectivity index (χ0) is 11.8. The fourth-order valence-electron chi connectivity index (χ4n) is 5.65. The van der Waals surface area contributed by atoms with Crippen molar-refractivity contribution in [2.24, 2.45) is 35.5 Å². The molecule has 3 fully saturated rings. The first kappa shape index (κ1) is 12.0. The molecule has 0 heterocycles. The van der Waals surface area contributed by atoms with E-state index in [9.17, 15) is 5.11 Å². The molecule has 0 aliphatic heterocycles. The molecule has 17 heavy (non-hydrogen) atoms. The van der Waals surface area contributed by atoms with Crippen molar-refractivity contribution in [3.8, 4) is 0 Å². The van der Waals surface area contributed by atoms with E-state index in [1.807, 2.05) is 0 Å². The highest BCUT2D eigenvalue weighted by atomic mass is 16.3. The summed E-state index contributed by atoms with van der Waals surface area (Å²) >= 11 is 0. The summed E-state index contributed by atoms with van der Waals surface area (Å²) in [5.74, 6) is 5.21. The lowest BCUT2D eigenvalue weighted by atomic mass is 9.51. The normalized spacial score (nSPS) is 50.5. The van der Waals surface area contributed by atoms with Gasteiger partial charge < -0.3 is 5.11 Å². The van der Waals surface area contributed by atoms with E-state index in [0.29, 0.717) is 12.5 Å². The van der Waals surface area contributed by atoms with E-state index < -0.39 is 0 Å². The third-order valence-electron chi connectivity index (χ3n) is 6.41. The van der Waals surface area contributed by atoms with Crippen molar-refractivity contribution in [3.05, 3.63) is 0 Å². The number of rotatable bonds is 1. The van der Waals surface area contributed by atoms with Crippen molar-refractivity contribution in [1.29, 1.82) is 0 Å². The van der Waals surface area contributed by atoms with Crippen molar-refractivity contribution in [2.45, 2.75) is 58.3 Å². The Hall–Kier alpha value is -0.0400. The summed E-state index contributed by atoms with van der Waals surface area (Å²) in [6, 6.07) is 0. The first-order valence-corrected chi connectivity index (χ1v) is 7.93. The van der Waals surface area contributed by atoms with E-state index in [0.717, 1.165) is 29.6 Å². The Morgan fingerprint density at radius 1 is 0.765 bits per heavy atom. The average Bonchev–Trinajstić information content (AvgIpc) is 2.40. The van der Waals surface area contributed by atoms with Crippen LogP contribution < -0.4 is 0 Å². The molecule has 1 nitrogen and oxygen atoms in total. The molecule has 3 aliphatic rings. The summed E-state index contributed by atoms with van der Waals surface area (Å²) in [5, 5.41) is 9.86. The molecule has 0 radical (unpaired) electrons. The van der Waals surface area contributed by atoms with Gasteiger partial charge in [-0.1, -0.05) is 32.6 Å². The molecule has 0 saturated heterocycles. The van der Waals surface area contributed by atoms with Crippen LogP contribution in [-0.4, -0.2) is 11.7 Å². The van der Waals surface area contributed by atoms with Crippen LogP contribution in [0.2, 0.25) is 0 Å². The van der Waals surface area contributed by atoms with Gasteiger partial charge in [0.2, 0.25) is 0 Å². The number of hydrogen-bond donors (Lipinski definition) is 1. The van der Waals surface area contributed by atoms with E-state index in [1.165, 1.54) is 51.4 Å². The predicted octanol–water partition coefficient (Wildman–Crippen LogP) is 3.86. The summed E-state index contributed by atoms with van der Waals surface area (Å²) in [5.41, 5.74) is 0. The lowest BCUT2D eigenvalue weighted by molar-refractivity contribution is -0.0728. The highest BCUT2D eigenvalue weighted by Crippen LogP contribution is 2.55. The Morgan fingerprint density at radius 3 is 1.59 bits per heavy atom. The predicted molar refractivity (Wildman–Crippen MR) is 70.6 cm³/mol. The van der Waals surface area contributed by atoms with Crippen LogP contribution in [-0.2, 0) is 0 Å². The van der Waals surface area contributed by atoms with Crippen molar-refractivity contribution in [2.75, 3.05) is 6.61 Å². The van der Waals surface area contributed by atoms with Crippen LogP contribution in [0.5, 0.6) is 0 Å². The number of aliphatic hydroxyl groups excluding tert-OH is 1. The second-order valence-corrected chi connectivity index (χ2v) is 6.93. The first-order valence-electron chi connectivity index (χ1n) is 7.93. The zero-order valence-corrected chi connectivity index (χ0v) is 11.3. The molecule has 4 atom stereocenters. The number of fused-ring (bicyclic) bond motifs is 2. The highest BCUT2D eigenvalue weighted by Gasteiger charge is 2.48. The maximum atomic E-state index is 9.86. The van der Waals surface area contributed by atoms with Gasteiger partial charge in [-0.3, -0.25) is 0 Å². The molecule has 1 N–H and O–H groups in total. The summed E-state index contributed by atoms with van der Waals surface area (Å²) in [7, 11) is 0. The van der Waals surface area contributed by atoms with Gasteiger partial charge in [0, 0.05) is 6.61 Å². The molecule has 0 aromatic rings. The minimum atomic E-state index is 0.467. The minimum Gasteiger partial charge on any atom is -0.396 e. The van der Waals surface area contributed by atoms with E-state index >= 15 is 0 Å². The maximum absolute atomic E-state index is 9.86. The highest BCUT2D eigenvalue weighted by molar-refractivity contribution is 4.97. The smallest absolute Gasteiger partial charge is 0.0464 e. The molecule has 3 saturated carbocycles. The lowest BCUT2D eigenvalue weighted by Crippen LogP contribution is -2.49. The Bertz CT molecular complexity index is 238. The van der Waals surface area contributed by atoms with Gasteiger partial charge in [0.1, 0.15) is 0 Å². The van der Waals surface area contributed by atoms with Crippen molar-refractivity contribution < 1.29 is 5.11 Å². The molecule has 98 valence electrons. The molecule has 0 spiro atoms. The third kappa shape index (κ3) is 1.95. The van der Waals surface area contributed by atoms with Crippen molar-refractivity contribution in [3.63, 3.8) is 0 Å². The quantitative estimate of drug-likeness (QED) is 0.733. The first-order chi connectivity index (χ1) is 8.33. The van der Waals surface area contributed by atoms with Gasteiger partial charge in [-0.2, -0.15) is 0 Å². The van der Waals surface area contributed by atoms with Gasteiger partial charge in [-0.25, -0.2) is 0 Å². The van der Waals surface area contributed by atoms with Crippen LogP contribution in [0.4, 0.5) is 0 Å². The monoisotopic (exact) mass is 236 g/mol. The molecule has 1 heteroatoms. The van der Waals surface area contributed by atoms with E-state index in [1.54, 1.807) is 0 Å². The molecule has 0 aromatic carbocycles. The molecular formula is C16H28O. The Morgan fingerprint density at radius 2 is 1.18 bits per heavy atom. The molecule has 4 unspecified atom stereocenters. The fraction of sp³-hybridized carbons (Fsp3) is 1.00. The van der Waals surface area contributed by atoms with E-state index in [4.69, 9.17) is 0 Å². The van der Waals surface area contributed by atoms with Gasteiger partial charge in [0.05, 0.1) is 0 Å². The zero-order valence-electron chi connectivity index (χ0n) is 11.3. The largest absolute Gasteiger partial charge is 0.396 e. The van der Waals surface area contributed by atoms with Crippen LogP contribution in [0, 0.1) is 35.5 Å². The van der Waals surface area contributed by atoms with Crippen LogP contribution in [0.25, 0.3) is 0 Å². The van der Waals surface area contributed by atoms with Gasteiger partial charge in [0.25, 0.3) is 0 Å².